The number of amidine groups is 1. The van der Waals surface area contributed by atoms with E-state index in [1.54, 1.807) is 7.11 Å². The Bertz CT molecular complexity index is 749. The molecule has 2 aliphatic rings. The lowest BCUT2D eigenvalue weighted by Crippen LogP contribution is -2.35. The van der Waals surface area contributed by atoms with Crippen molar-refractivity contribution < 1.29 is 4.74 Å². The Balaban J connectivity index is 1.83. The maximum absolute atomic E-state index is 5.65. The standard InChI is InChI=1S/C19H21N3OS/c1-3-13-12-24-19-21-17(15-9-6-7-11-20-15)18(22(13)19)14-8-4-5-10-16(14)23-2/h4-11,13,17-18H,3,12H2,1-2H3/t13-,17-,18+/m1/s1. The molecule has 24 heavy (non-hydrogen) atoms. The monoisotopic (exact) mass is 339 g/mol. The Hall–Kier alpha value is -2.01. The Morgan fingerprint density at radius 3 is 2.79 bits per heavy atom. The fourth-order valence-corrected chi connectivity index (χ4v) is 4.94. The Labute approximate surface area is 147 Å². The van der Waals surface area contributed by atoms with Crippen molar-refractivity contribution in [2.45, 2.75) is 31.5 Å². The summed E-state index contributed by atoms with van der Waals surface area (Å²) in [7, 11) is 1.74. The normalized spacial score (nSPS) is 25.5. The third-order valence-electron chi connectivity index (χ3n) is 4.79. The molecule has 124 valence electrons. The van der Waals surface area contributed by atoms with E-state index >= 15 is 0 Å². The number of benzene rings is 1. The second kappa shape index (κ2) is 6.48. The molecule has 4 rings (SSSR count). The molecule has 0 aliphatic carbocycles. The van der Waals surface area contributed by atoms with Crippen LogP contribution < -0.4 is 4.74 Å². The van der Waals surface area contributed by atoms with Crippen molar-refractivity contribution in [1.29, 1.82) is 0 Å². The molecule has 0 unspecified atom stereocenters. The number of methoxy groups -OCH3 is 1. The fourth-order valence-electron chi connectivity index (χ4n) is 3.60. The van der Waals surface area contributed by atoms with Gasteiger partial charge in [-0.05, 0) is 24.6 Å². The van der Waals surface area contributed by atoms with Gasteiger partial charge in [0.05, 0.1) is 18.8 Å². The molecule has 1 aromatic carbocycles. The van der Waals surface area contributed by atoms with Gasteiger partial charge in [0.1, 0.15) is 11.8 Å². The summed E-state index contributed by atoms with van der Waals surface area (Å²) in [6.45, 7) is 2.25. The highest BCUT2D eigenvalue weighted by atomic mass is 32.2. The van der Waals surface area contributed by atoms with Crippen molar-refractivity contribution in [2.24, 2.45) is 4.99 Å². The summed E-state index contributed by atoms with van der Waals surface area (Å²) in [5.41, 5.74) is 2.21. The minimum Gasteiger partial charge on any atom is -0.496 e. The van der Waals surface area contributed by atoms with E-state index in [2.05, 4.69) is 35.0 Å². The molecule has 4 nitrogen and oxygen atoms in total. The molecular formula is C19H21N3OS. The predicted molar refractivity (Wildman–Crippen MR) is 98.5 cm³/mol. The lowest BCUT2D eigenvalue weighted by atomic mass is 9.94. The first-order valence-electron chi connectivity index (χ1n) is 8.36. The van der Waals surface area contributed by atoms with Crippen molar-refractivity contribution in [3.8, 4) is 5.75 Å². The van der Waals surface area contributed by atoms with E-state index in [1.807, 2.05) is 42.2 Å². The first-order valence-corrected chi connectivity index (χ1v) is 9.34. The number of nitrogens with zero attached hydrogens (tertiary/aromatic N) is 3. The number of aliphatic imine (C=N–C) groups is 1. The van der Waals surface area contributed by atoms with Crippen LogP contribution in [-0.4, -0.2) is 34.0 Å². The third kappa shape index (κ3) is 2.47. The number of pyridine rings is 1. The SMILES string of the molecule is CC[C@@H]1CSC2=N[C@H](c3ccccn3)[C@H](c3ccccc3OC)N21. The molecule has 5 heteroatoms. The van der Waals surface area contributed by atoms with Crippen LogP contribution in [0.3, 0.4) is 0 Å². The highest BCUT2D eigenvalue weighted by Crippen LogP contribution is 2.50. The molecule has 3 atom stereocenters. The van der Waals surface area contributed by atoms with Gasteiger partial charge in [0, 0.05) is 23.6 Å². The first-order chi connectivity index (χ1) is 11.8. The molecule has 1 aromatic heterocycles. The zero-order valence-electron chi connectivity index (χ0n) is 13.9. The van der Waals surface area contributed by atoms with Crippen LogP contribution in [-0.2, 0) is 0 Å². The molecule has 0 N–H and O–H groups in total. The van der Waals surface area contributed by atoms with Gasteiger partial charge in [-0.25, -0.2) is 0 Å². The van der Waals surface area contributed by atoms with Crippen LogP contribution in [0.25, 0.3) is 0 Å². The largest absolute Gasteiger partial charge is 0.496 e. The van der Waals surface area contributed by atoms with E-state index in [4.69, 9.17) is 9.73 Å². The lowest BCUT2D eigenvalue weighted by Gasteiger charge is -2.32. The summed E-state index contributed by atoms with van der Waals surface area (Å²) < 4.78 is 5.65. The summed E-state index contributed by atoms with van der Waals surface area (Å²) in [4.78, 5) is 12.1. The molecule has 0 saturated carbocycles. The fraction of sp³-hybridized carbons (Fsp3) is 0.368. The van der Waals surface area contributed by atoms with Gasteiger partial charge in [-0.15, -0.1) is 0 Å². The number of hydrogen-bond donors (Lipinski definition) is 0. The van der Waals surface area contributed by atoms with Crippen LogP contribution in [0.4, 0.5) is 0 Å². The number of para-hydroxylation sites is 1. The zero-order valence-corrected chi connectivity index (χ0v) is 14.7. The van der Waals surface area contributed by atoms with Crippen molar-refractivity contribution in [3.05, 3.63) is 59.9 Å². The van der Waals surface area contributed by atoms with Crippen molar-refractivity contribution in [2.75, 3.05) is 12.9 Å². The minimum atomic E-state index is 0.0133. The van der Waals surface area contributed by atoms with Gasteiger partial charge in [-0.2, -0.15) is 0 Å². The molecule has 2 aliphatic heterocycles. The summed E-state index contributed by atoms with van der Waals surface area (Å²) in [6, 6.07) is 15.0. The van der Waals surface area contributed by atoms with Gasteiger partial charge in [0.25, 0.3) is 0 Å². The number of fused-ring (bicyclic) bond motifs is 1. The average Bonchev–Trinajstić information content (AvgIpc) is 3.21. The smallest absolute Gasteiger partial charge is 0.160 e. The number of thioether (sulfide) groups is 1. The Kier molecular flexibility index (Phi) is 4.19. The average molecular weight is 339 g/mol. The number of rotatable bonds is 4. The van der Waals surface area contributed by atoms with Crippen LogP contribution in [0, 0.1) is 0 Å². The molecule has 2 aromatic rings. The van der Waals surface area contributed by atoms with Crippen LogP contribution >= 0.6 is 11.8 Å². The van der Waals surface area contributed by atoms with Gasteiger partial charge in [0.15, 0.2) is 5.17 Å². The van der Waals surface area contributed by atoms with Crippen molar-refractivity contribution >= 4 is 16.9 Å². The molecular weight excluding hydrogens is 318 g/mol. The molecule has 0 spiro atoms. The van der Waals surface area contributed by atoms with Crippen LogP contribution in [0.5, 0.6) is 5.75 Å². The molecule has 0 radical (unpaired) electrons. The van der Waals surface area contributed by atoms with Crippen LogP contribution in [0.2, 0.25) is 0 Å². The lowest BCUT2D eigenvalue weighted by molar-refractivity contribution is 0.249. The quantitative estimate of drug-likeness (QED) is 0.841. The maximum atomic E-state index is 5.65. The number of hydrogen-bond acceptors (Lipinski definition) is 5. The topological polar surface area (TPSA) is 37.7 Å². The van der Waals surface area contributed by atoms with Gasteiger partial charge < -0.3 is 9.64 Å². The highest BCUT2D eigenvalue weighted by Gasteiger charge is 2.46. The zero-order chi connectivity index (χ0) is 16.5. The number of ether oxygens (including phenoxy) is 1. The van der Waals surface area contributed by atoms with Gasteiger partial charge in [-0.1, -0.05) is 43.0 Å². The summed E-state index contributed by atoms with van der Waals surface area (Å²) in [5, 5.41) is 1.15. The van der Waals surface area contributed by atoms with Gasteiger partial charge >= 0.3 is 0 Å². The Morgan fingerprint density at radius 2 is 2.04 bits per heavy atom. The van der Waals surface area contributed by atoms with Crippen molar-refractivity contribution in [1.82, 2.24) is 9.88 Å². The van der Waals surface area contributed by atoms with Crippen LogP contribution in [0.15, 0.2) is 53.7 Å². The maximum Gasteiger partial charge on any atom is 0.160 e. The number of aromatic nitrogens is 1. The van der Waals surface area contributed by atoms with E-state index in [0.29, 0.717) is 6.04 Å². The second-order valence-electron chi connectivity index (χ2n) is 6.08. The van der Waals surface area contributed by atoms with E-state index in [-0.39, 0.29) is 12.1 Å². The summed E-state index contributed by atoms with van der Waals surface area (Å²) in [6.07, 6.45) is 2.97. The Morgan fingerprint density at radius 1 is 1.21 bits per heavy atom. The molecule has 0 bridgehead atoms. The third-order valence-corrected chi connectivity index (χ3v) is 5.91. The summed E-state index contributed by atoms with van der Waals surface area (Å²) in [5.74, 6) is 2.03. The van der Waals surface area contributed by atoms with Crippen molar-refractivity contribution in [3.63, 3.8) is 0 Å². The van der Waals surface area contributed by atoms with Gasteiger partial charge in [-0.3, -0.25) is 9.98 Å². The van der Waals surface area contributed by atoms with Gasteiger partial charge in [0.2, 0.25) is 0 Å². The van der Waals surface area contributed by atoms with Crippen LogP contribution in [0.1, 0.15) is 36.7 Å². The van der Waals surface area contributed by atoms with E-state index < -0.39 is 0 Å². The first kappa shape index (κ1) is 15.5. The molecule has 1 saturated heterocycles. The molecule has 3 heterocycles. The highest BCUT2D eigenvalue weighted by molar-refractivity contribution is 8.14. The van der Waals surface area contributed by atoms with E-state index in [9.17, 15) is 0 Å². The minimum absolute atomic E-state index is 0.0133. The van der Waals surface area contributed by atoms with E-state index in [1.165, 1.54) is 5.56 Å². The van der Waals surface area contributed by atoms with E-state index in [0.717, 1.165) is 28.8 Å². The molecule has 1 fully saturated rings. The summed E-state index contributed by atoms with van der Waals surface area (Å²) >= 11 is 1.86. The predicted octanol–water partition coefficient (Wildman–Crippen LogP) is 4.07. The molecule has 0 amide bonds. The second-order valence-corrected chi connectivity index (χ2v) is 7.07.